The van der Waals surface area contributed by atoms with Crippen molar-refractivity contribution in [3.8, 4) is 0 Å². The highest BCUT2D eigenvalue weighted by molar-refractivity contribution is 6.38. The molecule has 1 aromatic carbocycles. The van der Waals surface area contributed by atoms with Gasteiger partial charge in [0.05, 0.1) is 0 Å². The van der Waals surface area contributed by atoms with E-state index in [-0.39, 0.29) is 6.61 Å². The van der Waals surface area contributed by atoms with Crippen LogP contribution in [-0.2, 0) is 19.1 Å². The Bertz CT molecular complexity index is 679. The molecule has 5 heteroatoms. The molecule has 1 atom stereocenters. The van der Waals surface area contributed by atoms with Gasteiger partial charge < -0.3 is 9.64 Å². The molecule has 0 aromatic heterocycles. The lowest BCUT2D eigenvalue weighted by atomic mass is 9.84. The molecule has 140 valence electrons. The zero-order chi connectivity index (χ0) is 19.2. The van der Waals surface area contributed by atoms with Crippen LogP contribution in [0.25, 0.3) is 6.08 Å². The Morgan fingerprint density at radius 1 is 1.23 bits per heavy atom. The second-order valence-corrected chi connectivity index (χ2v) is 7.17. The third-order valence-corrected chi connectivity index (χ3v) is 4.91. The van der Waals surface area contributed by atoms with E-state index in [0.29, 0.717) is 25.8 Å². The summed E-state index contributed by atoms with van der Waals surface area (Å²) in [6.45, 7) is 5.95. The SMILES string of the molecule is CCC(C)(C)C(=O)C(=O)N1CCCC1C(=O)OC/C=C/c1ccccc1. The molecule has 1 amide bonds. The quantitative estimate of drug-likeness (QED) is 0.555. The highest BCUT2D eigenvalue weighted by Crippen LogP contribution is 2.25. The molecule has 1 saturated heterocycles. The van der Waals surface area contributed by atoms with Gasteiger partial charge in [-0.05, 0) is 30.9 Å². The maximum absolute atomic E-state index is 12.5. The van der Waals surface area contributed by atoms with Gasteiger partial charge in [0.1, 0.15) is 12.6 Å². The number of ketones is 1. The third kappa shape index (κ3) is 4.81. The van der Waals surface area contributed by atoms with Gasteiger partial charge in [0.2, 0.25) is 5.78 Å². The molecule has 1 fully saturated rings. The molecule has 5 nitrogen and oxygen atoms in total. The normalized spacial score (nSPS) is 17.5. The zero-order valence-corrected chi connectivity index (χ0v) is 15.7. The molecule has 0 saturated carbocycles. The van der Waals surface area contributed by atoms with Crippen molar-refractivity contribution in [3.05, 3.63) is 42.0 Å². The van der Waals surface area contributed by atoms with Crippen LogP contribution < -0.4 is 0 Å². The van der Waals surface area contributed by atoms with Gasteiger partial charge in [-0.15, -0.1) is 0 Å². The first-order chi connectivity index (χ1) is 12.4. The highest BCUT2D eigenvalue weighted by Gasteiger charge is 2.41. The van der Waals surface area contributed by atoms with Gasteiger partial charge in [-0.2, -0.15) is 0 Å². The summed E-state index contributed by atoms with van der Waals surface area (Å²) in [6, 6.07) is 9.05. The first-order valence-corrected chi connectivity index (χ1v) is 9.10. The molecular weight excluding hydrogens is 330 g/mol. The molecule has 1 aliphatic heterocycles. The lowest BCUT2D eigenvalue weighted by Crippen LogP contribution is -2.47. The summed E-state index contributed by atoms with van der Waals surface area (Å²) in [4.78, 5) is 38.7. The van der Waals surface area contributed by atoms with Crippen molar-refractivity contribution in [1.29, 1.82) is 0 Å². The lowest BCUT2D eigenvalue weighted by molar-refractivity contribution is -0.156. The van der Waals surface area contributed by atoms with Crippen LogP contribution in [0.5, 0.6) is 0 Å². The summed E-state index contributed by atoms with van der Waals surface area (Å²) in [6.07, 6.45) is 5.45. The van der Waals surface area contributed by atoms with Gasteiger partial charge in [0, 0.05) is 12.0 Å². The number of amides is 1. The Balaban J connectivity index is 1.92. The fraction of sp³-hybridized carbons (Fsp3) is 0.476. The van der Waals surface area contributed by atoms with E-state index in [4.69, 9.17) is 4.74 Å². The van der Waals surface area contributed by atoms with Crippen LogP contribution in [0.15, 0.2) is 36.4 Å². The minimum absolute atomic E-state index is 0.140. The number of esters is 1. The molecule has 0 N–H and O–H groups in total. The van der Waals surface area contributed by atoms with Crippen molar-refractivity contribution < 1.29 is 19.1 Å². The number of nitrogens with zero attached hydrogens (tertiary/aromatic N) is 1. The summed E-state index contributed by atoms with van der Waals surface area (Å²) in [5.41, 5.74) is 0.306. The van der Waals surface area contributed by atoms with E-state index in [1.807, 2.05) is 43.3 Å². The molecule has 26 heavy (non-hydrogen) atoms. The minimum Gasteiger partial charge on any atom is -0.460 e. The number of carbonyl (C=O) groups excluding carboxylic acids is 3. The molecule has 2 rings (SSSR count). The Morgan fingerprint density at radius 2 is 1.92 bits per heavy atom. The maximum atomic E-state index is 12.5. The lowest BCUT2D eigenvalue weighted by Gasteiger charge is -2.27. The van der Waals surface area contributed by atoms with E-state index in [2.05, 4.69) is 0 Å². The van der Waals surface area contributed by atoms with Gasteiger partial charge in [0.15, 0.2) is 0 Å². The van der Waals surface area contributed by atoms with E-state index in [1.54, 1.807) is 19.9 Å². The molecule has 1 aliphatic rings. The van der Waals surface area contributed by atoms with E-state index < -0.39 is 29.1 Å². The van der Waals surface area contributed by atoms with E-state index in [9.17, 15) is 14.4 Å². The van der Waals surface area contributed by atoms with E-state index >= 15 is 0 Å². The van der Waals surface area contributed by atoms with Gasteiger partial charge in [-0.3, -0.25) is 9.59 Å². The molecule has 0 radical (unpaired) electrons. The molecule has 1 aromatic rings. The van der Waals surface area contributed by atoms with E-state index in [1.165, 1.54) is 4.90 Å². The Morgan fingerprint density at radius 3 is 2.58 bits per heavy atom. The van der Waals surface area contributed by atoms with Crippen LogP contribution in [0, 0.1) is 5.41 Å². The fourth-order valence-corrected chi connectivity index (χ4v) is 2.81. The summed E-state index contributed by atoms with van der Waals surface area (Å²) >= 11 is 0. The predicted octanol–water partition coefficient (Wildman–Crippen LogP) is 3.24. The maximum Gasteiger partial charge on any atom is 0.329 e. The number of hydrogen-bond acceptors (Lipinski definition) is 4. The van der Waals surface area contributed by atoms with Crippen LogP contribution in [0.4, 0.5) is 0 Å². The average Bonchev–Trinajstić information content (AvgIpc) is 3.14. The Kier molecular flexibility index (Phi) is 6.72. The number of Topliss-reactive ketones (excluding diaryl/α,β-unsaturated/α-hetero) is 1. The number of benzene rings is 1. The van der Waals surface area contributed by atoms with Gasteiger partial charge in [-0.1, -0.05) is 57.2 Å². The number of hydrogen-bond donors (Lipinski definition) is 0. The predicted molar refractivity (Wildman–Crippen MR) is 100 cm³/mol. The van der Waals surface area contributed by atoms with E-state index in [0.717, 1.165) is 5.56 Å². The van der Waals surface area contributed by atoms with Crippen molar-refractivity contribution in [2.24, 2.45) is 5.41 Å². The van der Waals surface area contributed by atoms with Gasteiger partial charge >= 0.3 is 5.97 Å². The smallest absolute Gasteiger partial charge is 0.329 e. The van der Waals surface area contributed by atoms with Crippen LogP contribution in [0.3, 0.4) is 0 Å². The topological polar surface area (TPSA) is 63.7 Å². The summed E-state index contributed by atoms with van der Waals surface area (Å²) in [5.74, 6) is -1.46. The van der Waals surface area contributed by atoms with Gasteiger partial charge in [-0.25, -0.2) is 4.79 Å². The van der Waals surface area contributed by atoms with Crippen molar-refractivity contribution in [1.82, 2.24) is 4.90 Å². The monoisotopic (exact) mass is 357 g/mol. The third-order valence-electron chi connectivity index (χ3n) is 4.91. The minimum atomic E-state index is -0.716. The Labute approximate surface area is 155 Å². The highest BCUT2D eigenvalue weighted by atomic mass is 16.5. The molecule has 0 aliphatic carbocycles. The Hall–Kier alpha value is -2.43. The molecular formula is C21H27NO4. The van der Waals surface area contributed by atoms with Crippen molar-refractivity contribution in [3.63, 3.8) is 0 Å². The zero-order valence-electron chi connectivity index (χ0n) is 15.7. The molecule has 1 unspecified atom stereocenters. The number of carbonyl (C=O) groups is 3. The van der Waals surface area contributed by atoms with Crippen LogP contribution in [0.1, 0.15) is 45.6 Å². The number of rotatable bonds is 7. The molecule has 0 bridgehead atoms. The van der Waals surface area contributed by atoms with Crippen LogP contribution in [0.2, 0.25) is 0 Å². The van der Waals surface area contributed by atoms with Crippen molar-refractivity contribution in [2.75, 3.05) is 13.2 Å². The first-order valence-electron chi connectivity index (χ1n) is 9.10. The molecule has 1 heterocycles. The number of likely N-dealkylation sites (tertiary alicyclic amines) is 1. The number of ether oxygens (including phenoxy) is 1. The molecule has 0 spiro atoms. The van der Waals surface area contributed by atoms with Crippen LogP contribution >= 0.6 is 0 Å². The first kappa shape index (κ1) is 19.9. The van der Waals surface area contributed by atoms with Gasteiger partial charge in [0.25, 0.3) is 5.91 Å². The standard InChI is InChI=1S/C21H27NO4/c1-4-21(2,3)18(23)19(24)22-14-8-13-17(22)20(25)26-15-9-12-16-10-6-5-7-11-16/h5-7,9-12,17H,4,8,13-15H2,1-3H3/b12-9+. The summed E-state index contributed by atoms with van der Waals surface area (Å²) in [5, 5.41) is 0. The summed E-state index contributed by atoms with van der Waals surface area (Å²) in [7, 11) is 0. The van der Waals surface area contributed by atoms with Crippen LogP contribution in [-0.4, -0.2) is 41.8 Å². The average molecular weight is 357 g/mol. The fourth-order valence-electron chi connectivity index (χ4n) is 2.81. The summed E-state index contributed by atoms with van der Waals surface area (Å²) < 4.78 is 5.29. The van der Waals surface area contributed by atoms with Crippen molar-refractivity contribution >= 4 is 23.7 Å². The second-order valence-electron chi connectivity index (χ2n) is 7.17. The largest absolute Gasteiger partial charge is 0.460 e. The van der Waals surface area contributed by atoms with Crippen molar-refractivity contribution in [2.45, 2.75) is 46.1 Å². The second kappa shape index (κ2) is 8.79.